The zero-order valence-electron chi connectivity index (χ0n) is 15.6. The summed E-state index contributed by atoms with van der Waals surface area (Å²) in [7, 11) is -3.81. The van der Waals surface area contributed by atoms with E-state index in [1.54, 1.807) is 18.2 Å². The third kappa shape index (κ3) is 6.08. The van der Waals surface area contributed by atoms with Crippen molar-refractivity contribution < 1.29 is 13.2 Å². The summed E-state index contributed by atoms with van der Waals surface area (Å²) in [6.07, 6.45) is 2.03. The van der Waals surface area contributed by atoms with Crippen LogP contribution >= 0.6 is 11.3 Å². The smallest absolute Gasteiger partial charge is 0.255 e. The standard InChI is InChI=1S/C21H21N3O3S2/c25-21(23-22-16-19-10-7-15-28-19)17-24(14-13-18-8-3-1-4-9-18)29(26,27)20-11-5-2-6-12-20/h1-12,15-16H,13-14,17H2,(H,23,25)/b22-16-. The van der Waals surface area contributed by atoms with Crippen LogP contribution in [0.4, 0.5) is 0 Å². The van der Waals surface area contributed by atoms with E-state index in [0.717, 1.165) is 10.4 Å². The van der Waals surface area contributed by atoms with Crippen LogP contribution in [0.5, 0.6) is 0 Å². The normalized spacial score (nSPS) is 11.8. The maximum atomic E-state index is 13.1. The summed E-state index contributed by atoms with van der Waals surface area (Å²) in [6, 6.07) is 21.4. The molecule has 0 atom stereocenters. The zero-order valence-corrected chi connectivity index (χ0v) is 17.3. The largest absolute Gasteiger partial charge is 0.272 e. The molecule has 1 amide bonds. The second kappa shape index (κ2) is 10.1. The fourth-order valence-corrected chi connectivity index (χ4v) is 4.66. The summed E-state index contributed by atoms with van der Waals surface area (Å²) >= 11 is 1.49. The molecule has 0 saturated heterocycles. The summed E-state index contributed by atoms with van der Waals surface area (Å²) in [5, 5.41) is 5.81. The third-order valence-electron chi connectivity index (χ3n) is 4.12. The van der Waals surface area contributed by atoms with E-state index in [1.165, 1.54) is 34.0 Å². The van der Waals surface area contributed by atoms with Crippen molar-refractivity contribution in [3.8, 4) is 0 Å². The van der Waals surface area contributed by atoms with Crippen LogP contribution in [-0.4, -0.2) is 37.9 Å². The molecule has 6 nitrogen and oxygen atoms in total. The van der Waals surface area contributed by atoms with E-state index >= 15 is 0 Å². The second-order valence-electron chi connectivity index (χ2n) is 6.20. The number of rotatable bonds is 9. The lowest BCUT2D eigenvalue weighted by Gasteiger charge is -2.21. The van der Waals surface area contributed by atoms with E-state index in [1.807, 2.05) is 47.8 Å². The van der Waals surface area contributed by atoms with Crippen LogP contribution in [-0.2, 0) is 21.2 Å². The van der Waals surface area contributed by atoms with Crippen molar-refractivity contribution in [1.82, 2.24) is 9.73 Å². The molecule has 2 aromatic carbocycles. The van der Waals surface area contributed by atoms with Crippen LogP contribution < -0.4 is 5.43 Å². The molecule has 0 saturated carbocycles. The van der Waals surface area contributed by atoms with Gasteiger partial charge in [-0.1, -0.05) is 54.6 Å². The van der Waals surface area contributed by atoms with Gasteiger partial charge in [0.15, 0.2) is 0 Å². The minimum Gasteiger partial charge on any atom is -0.272 e. The molecule has 0 fully saturated rings. The Morgan fingerprint density at radius 3 is 2.34 bits per heavy atom. The van der Waals surface area contributed by atoms with Crippen LogP contribution in [0.15, 0.2) is 88.2 Å². The van der Waals surface area contributed by atoms with Gasteiger partial charge in [-0.25, -0.2) is 13.8 Å². The first kappa shape index (κ1) is 20.9. The van der Waals surface area contributed by atoms with Crippen LogP contribution in [0.1, 0.15) is 10.4 Å². The number of sulfonamides is 1. The molecule has 3 aromatic rings. The number of thiophene rings is 1. The Morgan fingerprint density at radius 2 is 1.69 bits per heavy atom. The molecule has 1 N–H and O–H groups in total. The van der Waals surface area contributed by atoms with Crippen molar-refractivity contribution in [3.63, 3.8) is 0 Å². The topological polar surface area (TPSA) is 78.8 Å². The monoisotopic (exact) mass is 427 g/mol. The van der Waals surface area contributed by atoms with Crippen molar-refractivity contribution in [1.29, 1.82) is 0 Å². The number of carbonyl (C=O) groups is 1. The first-order valence-corrected chi connectivity index (χ1v) is 11.3. The van der Waals surface area contributed by atoms with Crippen molar-refractivity contribution in [2.45, 2.75) is 11.3 Å². The Hall–Kier alpha value is -2.81. The van der Waals surface area contributed by atoms with Crippen LogP contribution in [0, 0.1) is 0 Å². The number of hydrogen-bond donors (Lipinski definition) is 1. The molecule has 0 unspecified atom stereocenters. The Kier molecular flexibility index (Phi) is 7.29. The number of benzene rings is 2. The lowest BCUT2D eigenvalue weighted by atomic mass is 10.1. The van der Waals surface area contributed by atoms with Crippen molar-refractivity contribution in [2.75, 3.05) is 13.1 Å². The highest BCUT2D eigenvalue weighted by atomic mass is 32.2. The van der Waals surface area contributed by atoms with Crippen molar-refractivity contribution >= 4 is 33.5 Å². The SMILES string of the molecule is O=C(CN(CCc1ccccc1)S(=O)(=O)c1ccccc1)N/N=C\c1cccs1. The highest BCUT2D eigenvalue weighted by Crippen LogP contribution is 2.16. The van der Waals surface area contributed by atoms with Gasteiger partial charge < -0.3 is 0 Å². The maximum absolute atomic E-state index is 13.1. The van der Waals surface area contributed by atoms with Gasteiger partial charge >= 0.3 is 0 Å². The van der Waals surface area contributed by atoms with E-state index in [9.17, 15) is 13.2 Å². The molecular formula is C21H21N3O3S2. The lowest BCUT2D eigenvalue weighted by molar-refractivity contribution is -0.121. The van der Waals surface area contributed by atoms with Crippen LogP contribution in [0.25, 0.3) is 0 Å². The van der Waals surface area contributed by atoms with Gasteiger partial charge in [0.05, 0.1) is 17.7 Å². The van der Waals surface area contributed by atoms with Crippen LogP contribution in [0.3, 0.4) is 0 Å². The van der Waals surface area contributed by atoms with Gasteiger partial charge in [0.25, 0.3) is 5.91 Å². The quantitative estimate of drug-likeness (QED) is 0.421. The molecule has 0 aliphatic heterocycles. The highest BCUT2D eigenvalue weighted by molar-refractivity contribution is 7.89. The minimum atomic E-state index is -3.81. The van der Waals surface area contributed by atoms with Crippen molar-refractivity contribution in [2.24, 2.45) is 5.10 Å². The molecule has 0 spiro atoms. The fourth-order valence-electron chi connectivity index (χ4n) is 2.65. The van der Waals surface area contributed by atoms with E-state index in [4.69, 9.17) is 0 Å². The number of carbonyl (C=O) groups excluding carboxylic acids is 1. The summed E-state index contributed by atoms with van der Waals surface area (Å²) in [5.41, 5.74) is 3.40. The second-order valence-corrected chi connectivity index (χ2v) is 9.11. The number of amides is 1. The molecule has 29 heavy (non-hydrogen) atoms. The van der Waals surface area contributed by atoms with E-state index < -0.39 is 15.9 Å². The Balaban J connectivity index is 1.72. The molecule has 0 aliphatic carbocycles. The average Bonchev–Trinajstić information content (AvgIpc) is 3.26. The number of nitrogens with zero attached hydrogens (tertiary/aromatic N) is 2. The molecule has 0 aliphatic rings. The van der Waals surface area contributed by atoms with Gasteiger partial charge in [-0.15, -0.1) is 11.3 Å². The Morgan fingerprint density at radius 1 is 1.00 bits per heavy atom. The van der Waals surface area contributed by atoms with Gasteiger partial charge in [-0.2, -0.15) is 9.41 Å². The van der Waals surface area contributed by atoms with Gasteiger partial charge in [0.2, 0.25) is 10.0 Å². The van der Waals surface area contributed by atoms with Gasteiger partial charge in [-0.05, 0) is 35.6 Å². The minimum absolute atomic E-state index is 0.156. The molecule has 8 heteroatoms. The van der Waals surface area contributed by atoms with Crippen molar-refractivity contribution in [3.05, 3.63) is 88.6 Å². The molecular weight excluding hydrogens is 406 g/mol. The number of hydrazone groups is 1. The summed E-state index contributed by atoms with van der Waals surface area (Å²) in [5.74, 6) is -0.495. The predicted octanol–water partition coefficient (Wildman–Crippen LogP) is 3.13. The summed E-state index contributed by atoms with van der Waals surface area (Å²) in [6.45, 7) is -0.130. The lowest BCUT2D eigenvalue weighted by Crippen LogP contribution is -2.40. The first-order valence-electron chi connectivity index (χ1n) is 9.00. The molecule has 0 bridgehead atoms. The molecule has 150 valence electrons. The number of hydrogen-bond acceptors (Lipinski definition) is 5. The fraction of sp³-hybridized carbons (Fsp3) is 0.143. The summed E-state index contributed by atoms with van der Waals surface area (Å²) in [4.78, 5) is 13.4. The molecule has 1 heterocycles. The predicted molar refractivity (Wildman–Crippen MR) is 115 cm³/mol. The molecule has 1 aromatic heterocycles. The van der Waals surface area contributed by atoms with E-state index in [-0.39, 0.29) is 18.0 Å². The average molecular weight is 428 g/mol. The Labute approximate surface area is 174 Å². The molecule has 3 rings (SSSR count). The Bertz CT molecular complexity index is 1040. The summed E-state index contributed by atoms with van der Waals surface area (Å²) < 4.78 is 27.3. The highest BCUT2D eigenvalue weighted by Gasteiger charge is 2.26. The van der Waals surface area contributed by atoms with E-state index in [2.05, 4.69) is 10.5 Å². The number of nitrogens with one attached hydrogen (secondary N) is 1. The molecule has 0 radical (unpaired) electrons. The third-order valence-corrected chi connectivity index (χ3v) is 6.78. The van der Waals surface area contributed by atoms with Gasteiger partial charge in [0, 0.05) is 11.4 Å². The maximum Gasteiger partial charge on any atom is 0.255 e. The first-order chi connectivity index (χ1) is 14.1. The van der Waals surface area contributed by atoms with Gasteiger partial charge in [0.1, 0.15) is 0 Å². The zero-order chi connectivity index (χ0) is 20.5. The van der Waals surface area contributed by atoms with E-state index in [0.29, 0.717) is 6.42 Å². The van der Waals surface area contributed by atoms with Gasteiger partial charge in [-0.3, -0.25) is 4.79 Å². The van der Waals surface area contributed by atoms with Crippen LogP contribution in [0.2, 0.25) is 0 Å².